The van der Waals surface area contributed by atoms with Crippen molar-refractivity contribution >= 4 is 38.4 Å². The van der Waals surface area contributed by atoms with Crippen molar-refractivity contribution in [2.75, 3.05) is 10.0 Å². The van der Waals surface area contributed by atoms with Gasteiger partial charge in [0.1, 0.15) is 0 Å². The molecule has 0 fully saturated rings. The molecule has 0 radical (unpaired) electrons. The molecule has 4 rings (SSSR count). The van der Waals surface area contributed by atoms with E-state index in [1.807, 2.05) is 63.2 Å². The topological polar surface area (TPSA) is 84.0 Å². The van der Waals surface area contributed by atoms with Crippen LogP contribution in [0.4, 0.5) is 17.3 Å². The van der Waals surface area contributed by atoms with E-state index in [0.717, 1.165) is 22.4 Å². The van der Waals surface area contributed by atoms with Crippen LogP contribution < -0.4 is 10.0 Å². The second-order valence-corrected chi connectivity index (χ2v) is 8.89. The first-order chi connectivity index (χ1) is 14.3. The lowest BCUT2D eigenvalue weighted by Gasteiger charge is -2.16. The summed E-state index contributed by atoms with van der Waals surface area (Å²) in [5, 5.41) is 3.26. The summed E-state index contributed by atoms with van der Waals surface area (Å²) in [4.78, 5) is 9.35. The van der Waals surface area contributed by atoms with Crippen molar-refractivity contribution in [2.45, 2.75) is 25.7 Å². The van der Waals surface area contributed by atoms with Crippen molar-refractivity contribution < 1.29 is 8.42 Å². The van der Waals surface area contributed by atoms with Gasteiger partial charge in [-0.2, -0.15) is 0 Å². The molecular weight excluding hydrogens is 396 g/mol. The number of fused-ring (bicyclic) bond motifs is 1. The van der Waals surface area contributed by atoms with E-state index < -0.39 is 10.0 Å². The number of anilines is 3. The Hall–Kier alpha value is -3.45. The third kappa shape index (κ3) is 3.97. The lowest BCUT2D eigenvalue weighted by Crippen LogP contribution is -2.16. The predicted molar refractivity (Wildman–Crippen MR) is 121 cm³/mol. The average molecular weight is 419 g/mol. The molecule has 0 spiro atoms. The number of benzene rings is 3. The van der Waals surface area contributed by atoms with Crippen molar-refractivity contribution in [3.8, 4) is 0 Å². The number of nitrogens with zero attached hydrogens (tertiary/aromatic N) is 2. The van der Waals surface area contributed by atoms with Crippen LogP contribution in [-0.4, -0.2) is 18.4 Å². The molecule has 6 nitrogen and oxygen atoms in total. The van der Waals surface area contributed by atoms with E-state index in [1.165, 1.54) is 0 Å². The largest absolute Gasteiger partial charge is 0.337 e. The molecule has 30 heavy (non-hydrogen) atoms. The zero-order chi connectivity index (χ0) is 21.3. The number of para-hydroxylation sites is 2. The summed E-state index contributed by atoms with van der Waals surface area (Å²) in [5.74, 6) is 0.495. The number of sulfonamides is 1. The van der Waals surface area contributed by atoms with Crippen LogP contribution in [0.5, 0.6) is 0 Å². The summed E-state index contributed by atoms with van der Waals surface area (Å²) < 4.78 is 28.6. The van der Waals surface area contributed by atoms with Crippen molar-refractivity contribution in [2.24, 2.45) is 0 Å². The molecule has 3 aromatic carbocycles. The number of hydrogen-bond acceptors (Lipinski definition) is 5. The van der Waals surface area contributed by atoms with Crippen LogP contribution in [-0.2, 0) is 10.0 Å². The molecule has 0 atom stereocenters. The van der Waals surface area contributed by atoms with Crippen LogP contribution in [0.25, 0.3) is 11.0 Å². The van der Waals surface area contributed by atoms with Gasteiger partial charge in [-0.05, 0) is 67.8 Å². The summed E-state index contributed by atoms with van der Waals surface area (Å²) >= 11 is 0. The number of nitrogens with one attached hydrogen (secondary N) is 2. The van der Waals surface area contributed by atoms with Crippen LogP contribution in [0.2, 0.25) is 0 Å². The van der Waals surface area contributed by atoms with E-state index >= 15 is 0 Å². The molecule has 0 saturated heterocycles. The molecule has 1 heterocycles. The second kappa shape index (κ2) is 7.76. The van der Waals surface area contributed by atoms with Crippen molar-refractivity contribution in [1.82, 2.24) is 9.97 Å². The minimum Gasteiger partial charge on any atom is -0.337 e. The van der Waals surface area contributed by atoms with E-state index in [1.54, 1.807) is 24.3 Å². The number of aryl methyl sites for hydroxylation is 2. The Morgan fingerprint density at radius 2 is 1.43 bits per heavy atom. The van der Waals surface area contributed by atoms with Crippen LogP contribution in [0.3, 0.4) is 0 Å². The number of rotatable bonds is 5. The summed E-state index contributed by atoms with van der Waals surface area (Å²) in [7, 11) is -3.83. The van der Waals surface area contributed by atoms with Crippen LogP contribution in [0.1, 0.15) is 16.7 Å². The summed E-state index contributed by atoms with van der Waals surface area (Å²) in [5.41, 5.74) is 5.15. The molecule has 0 aliphatic rings. The third-order valence-corrected chi connectivity index (χ3v) is 6.30. The van der Waals surface area contributed by atoms with Gasteiger partial charge in [-0.1, -0.05) is 36.4 Å². The molecular formula is C23H22N4O2S. The van der Waals surface area contributed by atoms with Gasteiger partial charge in [0.2, 0.25) is 0 Å². The predicted octanol–water partition coefficient (Wildman–Crippen LogP) is 5.10. The van der Waals surface area contributed by atoms with Gasteiger partial charge in [0.15, 0.2) is 11.6 Å². The molecule has 7 heteroatoms. The zero-order valence-electron chi connectivity index (χ0n) is 17.0. The van der Waals surface area contributed by atoms with Gasteiger partial charge in [-0.15, -0.1) is 0 Å². The van der Waals surface area contributed by atoms with Gasteiger partial charge < -0.3 is 5.32 Å². The SMILES string of the molecule is Cc1cccc(S(=O)(=O)Nc2nc3ccccc3nc2Nc2cccc(C)c2C)c1. The minimum absolute atomic E-state index is 0.149. The van der Waals surface area contributed by atoms with Crippen LogP contribution in [0.15, 0.2) is 71.6 Å². The van der Waals surface area contributed by atoms with Crippen LogP contribution in [0, 0.1) is 20.8 Å². The molecule has 1 aromatic heterocycles. The summed E-state index contributed by atoms with van der Waals surface area (Å²) in [6, 6.07) is 20.0. The molecule has 0 bridgehead atoms. The quantitative estimate of drug-likeness (QED) is 0.471. The maximum Gasteiger partial charge on any atom is 0.263 e. The van der Waals surface area contributed by atoms with E-state index in [4.69, 9.17) is 0 Å². The van der Waals surface area contributed by atoms with E-state index in [2.05, 4.69) is 20.0 Å². The van der Waals surface area contributed by atoms with E-state index in [-0.39, 0.29) is 10.7 Å². The highest BCUT2D eigenvalue weighted by molar-refractivity contribution is 7.92. The molecule has 152 valence electrons. The van der Waals surface area contributed by atoms with E-state index in [9.17, 15) is 8.42 Å². The first-order valence-corrected chi connectivity index (χ1v) is 11.0. The van der Waals surface area contributed by atoms with Crippen LogP contribution >= 0.6 is 0 Å². The van der Waals surface area contributed by atoms with Gasteiger partial charge in [0.05, 0.1) is 15.9 Å². The molecule has 0 aliphatic heterocycles. The lowest BCUT2D eigenvalue weighted by molar-refractivity contribution is 0.601. The van der Waals surface area contributed by atoms with Crippen molar-refractivity contribution in [1.29, 1.82) is 0 Å². The Morgan fingerprint density at radius 3 is 2.13 bits per heavy atom. The highest BCUT2D eigenvalue weighted by Gasteiger charge is 2.19. The zero-order valence-corrected chi connectivity index (χ0v) is 17.8. The second-order valence-electron chi connectivity index (χ2n) is 7.20. The fourth-order valence-electron chi connectivity index (χ4n) is 3.14. The summed E-state index contributed by atoms with van der Waals surface area (Å²) in [6.07, 6.45) is 0. The first kappa shape index (κ1) is 19.8. The fourth-order valence-corrected chi connectivity index (χ4v) is 4.25. The van der Waals surface area contributed by atoms with Crippen molar-refractivity contribution in [3.63, 3.8) is 0 Å². The number of hydrogen-bond donors (Lipinski definition) is 2. The highest BCUT2D eigenvalue weighted by atomic mass is 32.2. The van der Waals surface area contributed by atoms with Crippen molar-refractivity contribution in [3.05, 3.63) is 83.4 Å². The van der Waals surface area contributed by atoms with Gasteiger partial charge in [-0.3, -0.25) is 4.72 Å². The Morgan fingerprint density at radius 1 is 0.767 bits per heavy atom. The molecule has 0 amide bonds. The van der Waals surface area contributed by atoms with Gasteiger partial charge in [-0.25, -0.2) is 18.4 Å². The first-order valence-electron chi connectivity index (χ1n) is 9.53. The molecule has 0 unspecified atom stereocenters. The number of aromatic nitrogens is 2. The van der Waals surface area contributed by atoms with E-state index in [0.29, 0.717) is 16.9 Å². The average Bonchev–Trinajstić information content (AvgIpc) is 2.71. The molecule has 0 saturated carbocycles. The third-order valence-electron chi connectivity index (χ3n) is 4.96. The fraction of sp³-hybridized carbons (Fsp3) is 0.130. The molecule has 4 aromatic rings. The Bertz CT molecular complexity index is 1350. The Balaban J connectivity index is 1.81. The molecule has 0 aliphatic carbocycles. The normalized spacial score (nSPS) is 11.4. The molecule has 2 N–H and O–H groups in total. The lowest BCUT2D eigenvalue weighted by atomic mass is 10.1. The highest BCUT2D eigenvalue weighted by Crippen LogP contribution is 2.29. The monoisotopic (exact) mass is 418 g/mol. The maximum atomic E-state index is 13.0. The summed E-state index contributed by atoms with van der Waals surface area (Å²) in [6.45, 7) is 5.87. The maximum absolute atomic E-state index is 13.0. The Labute approximate surface area is 176 Å². The van der Waals surface area contributed by atoms with Gasteiger partial charge >= 0.3 is 0 Å². The van der Waals surface area contributed by atoms with Gasteiger partial charge in [0, 0.05) is 5.69 Å². The smallest absolute Gasteiger partial charge is 0.263 e. The van der Waals surface area contributed by atoms with Gasteiger partial charge in [0.25, 0.3) is 10.0 Å². The minimum atomic E-state index is -3.83. The Kier molecular flexibility index (Phi) is 5.13. The standard InChI is InChI=1S/C23H22N4O2S/c1-15-8-6-10-18(14-15)30(28,29)27-23-22(24-19-13-7-9-16(2)17(19)3)25-20-11-4-5-12-21(20)26-23/h4-14H,1-3H3,(H,24,25)(H,26,27).